The predicted octanol–water partition coefficient (Wildman–Crippen LogP) is 3.33. The molecule has 1 aliphatic heterocycles. The fourth-order valence-electron chi connectivity index (χ4n) is 4.77. The van der Waals surface area contributed by atoms with Crippen molar-refractivity contribution in [1.29, 1.82) is 0 Å². The average molecular weight is 534 g/mol. The zero-order chi connectivity index (χ0) is 26.7. The molecule has 2 aromatic carbocycles. The van der Waals surface area contributed by atoms with E-state index in [0.29, 0.717) is 24.2 Å². The summed E-state index contributed by atoms with van der Waals surface area (Å²) in [5.41, 5.74) is 1.13. The van der Waals surface area contributed by atoms with Crippen molar-refractivity contribution in [2.45, 2.75) is 49.9 Å². The predicted molar refractivity (Wildman–Crippen MR) is 146 cm³/mol. The fourth-order valence-corrected chi connectivity index (χ4v) is 5.53. The van der Waals surface area contributed by atoms with Gasteiger partial charge < -0.3 is 25.6 Å². The smallest absolute Gasteiger partial charge is 0.252 e. The highest BCUT2D eigenvalue weighted by atomic mass is 32.1. The van der Waals surface area contributed by atoms with E-state index in [0.717, 1.165) is 35.7 Å². The quantitative estimate of drug-likeness (QED) is 0.383. The van der Waals surface area contributed by atoms with Crippen molar-refractivity contribution in [3.8, 4) is 17.0 Å². The van der Waals surface area contributed by atoms with Gasteiger partial charge in [0, 0.05) is 30.6 Å². The largest absolute Gasteiger partial charge is 0.468 e. The molecule has 0 bridgehead atoms. The van der Waals surface area contributed by atoms with Crippen LogP contribution in [0.2, 0.25) is 0 Å². The van der Waals surface area contributed by atoms with Crippen LogP contribution in [0.25, 0.3) is 11.3 Å². The highest BCUT2D eigenvalue weighted by Crippen LogP contribution is 2.30. The van der Waals surface area contributed by atoms with Crippen LogP contribution in [-0.4, -0.2) is 54.6 Å². The minimum Gasteiger partial charge on any atom is -0.468 e. The van der Waals surface area contributed by atoms with E-state index in [9.17, 15) is 14.4 Å². The molecule has 2 atom stereocenters. The molecule has 0 spiro atoms. The van der Waals surface area contributed by atoms with Crippen LogP contribution in [0.3, 0.4) is 0 Å². The number of rotatable bonds is 8. The number of hydrogen-bond acceptors (Lipinski definition) is 7. The Morgan fingerprint density at radius 3 is 2.39 bits per heavy atom. The summed E-state index contributed by atoms with van der Waals surface area (Å²) in [5.74, 6) is -0.401. The summed E-state index contributed by atoms with van der Waals surface area (Å²) in [6.45, 7) is 0. The molecule has 10 heteroatoms. The Hall–Kier alpha value is -3.92. The van der Waals surface area contributed by atoms with E-state index in [-0.39, 0.29) is 17.7 Å². The number of hydrogen-bond donors (Lipinski definition) is 3. The monoisotopic (exact) mass is 533 g/mol. The zero-order valence-electron chi connectivity index (χ0n) is 21.4. The van der Waals surface area contributed by atoms with E-state index in [4.69, 9.17) is 4.74 Å². The van der Waals surface area contributed by atoms with Crippen molar-refractivity contribution < 1.29 is 19.1 Å². The number of nitrogens with one attached hydrogen (secondary N) is 3. The van der Waals surface area contributed by atoms with Crippen molar-refractivity contribution in [3.63, 3.8) is 0 Å². The van der Waals surface area contributed by atoms with Crippen molar-refractivity contribution in [3.05, 3.63) is 65.5 Å². The minimum atomic E-state index is -1.09. The highest BCUT2D eigenvalue weighted by molar-refractivity contribution is 7.14. The molecule has 1 saturated heterocycles. The van der Waals surface area contributed by atoms with Gasteiger partial charge in [0.15, 0.2) is 11.2 Å². The molecular weight excluding hydrogens is 502 g/mol. The third-order valence-electron chi connectivity index (χ3n) is 6.97. The summed E-state index contributed by atoms with van der Waals surface area (Å²) in [6.07, 6.45) is 2.96. The Bertz CT molecular complexity index is 1300. The molecule has 3 N–H and O–H groups in total. The molecule has 2 heterocycles. The number of β-lactam (4-membered cyclic amide) rings is 1. The van der Waals surface area contributed by atoms with Crippen LogP contribution in [0.5, 0.6) is 5.75 Å². The number of nitrogens with zero attached hydrogens (tertiary/aromatic N) is 2. The number of carbonyl (C=O) groups is 3. The van der Waals surface area contributed by atoms with Gasteiger partial charge in [-0.25, -0.2) is 4.98 Å². The van der Waals surface area contributed by atoms with E-state index in [2.05, 4.69) is 20.9 Å². The van der Waals surface area contributed by atoms with Gasteiger partial charge in [-0.1, -0.05) is 49.6 Å². The Balaban J connectivity index is 1.27. The Kier molecular flexibility index (Phi) is 7.33. The summed E-state index contributed by atoms with van der Waals surface area (Å²) in [4.78, 5) is 45.7. The first-order valence-corrected chi connectivity index (χ1v) is 13.6. The zero-order valence-corrected chi connectivity index (χ0v) is 22.2. The standard InChI is InChI=1S/C28H31N5O4S/c1-33(2)27-29-21(17-38-27)18-11-13-19(14-12-18)23(34)32-28(15-7-4-8-16-28)26(36)30-22-24(35)31-25(22)37-20-9-5-3-6-10-20/h3,5-6,9-14,17,22,25H,4,7-8,15-16H2,1-2H3,(H,30,36)(H,31,35)(H,32,34)/t22-,25+/m1/s1. The van der Waals surface area contributed by atoms with Gasteiger partial charge in [-0.05, 0) is 37.1 Å². The molecule has 3 amide bonds. The number of para-hydroxylation sites is 1. The fraction of sp³-hybridized carbons (Fsp3) is 0.357. The second kappa shape index (κ2) is 10.8. The lowest BCUT2D eigenvalue weighted by molar-refractivity contribution is -0.145. The first kappa shape index (κ1) is 25.7. The van der Waals surface area contributed by atoms with Crippen LogP contribution in [0.15, 0.2) is 60.0 Å². The van der Waals surface area contributed by atoms with Gasteiger partial charge in [0.2, 0.25) is 12.1 Å². The topological polar surface area (TPSA) is 113 Å². The molecule has 0 radical (unpaired) electrons. The Morgan fingerprint density at radius 2 is 1.76 bits per heavy atom. The van der Waals surface area contributed by atoms with Crippen molar-refractivity contribution in [2.24, 2.45) is 0 Å². The average Bonchev–Trinajstić information content (AvgIpc) is 3.43. The first-order chi connectivity index (χ1) is 18.3. The van der Waals surface area contributed by atoms with Gasteiger partial charge in [-0.2, -0.15) is 0 Å². The van der Waals surface area contributed by atoms with Gasteiger partial charge in [0.25, 0.3) is 11.8 Å². The number of ether oxygens (including phenoxy) is 1. The maximum atomic E-state index is 13.6. The van der Waals surface area contributed by atoms with E-state index < -0.39 is 17.8 Å². The molecule has 38 heavy (non-hydrogen) atoms. The van der Waals surface area contributed by atoms with E-state index in [1.54, 1.807) is 35.6 Å². The van der Waals surface area contributed by atoms with Gasteiger partial charge >= 0.3 is 0 Å². The molecule has 2 fully saturated rings. The molecule has 1 aliphatic carbocycles. The molecule has 9 nitrogen and oxygen atoms in total. The Morgan fingerprint density at radius 1 is 1.05 bits per heavy atom. The molecule has 1 saturated carbocycles. The van der Waals surface area contributed by atoms with E-state index in [1.807, 2.05) is 54.7 Å². The first-order valence-electron chi connectivity index (χ1n) is 12.7. The molecule has 3 aromatic rings. The molecule has 2 aliphatic rings. The van der Waals surface area contributed by atoms with E-state index in [1.165, 1.54) is 0 Å². The lowest BCUT2D eigenvalue weighted by Gasteiger charge is -2.41. The van der Waals surface area contributed by atoms with Crippen molar-refractivity contribution >= 4 is 34.2 Å². The Labute approximate surface area is 225 Å². The summed E-state index contributed by atoms with van der Waals surface area (Å²) in [6, 6.07) is 15.5. The summed E-state index contributed by atoms with van der Waals surface area (Å²) >= 11 is 1.55. The van der Waals surface area contributed by atoms with Gasteiger partial charge in [-0.3, -0.25) is 14.4 Å². The maximum absolute atomic E-state index is 13.6. The van der Waals surface area contributed by atoms with Crippen LogP contribution < -0.4 is 25.6 Å². The van der Waals surface area contributed by atoms with Crippen molar-refractivity contribution in [2.75, 3.05) is 19.0 Å². The second-order valence-electron chi connectivity index (χ2n) is 9.90. The van der Waals surface area contributed by atoms with Crippen LogP contribution in [-0.2, 0) is 9.59 Å². The SMILES string of the molecule is CN(C)c1nc(-c2ccc(C(=O)NC3(C(=O)N[C@@H]4C(=O)N[C@H]4Oc4ccccc4)CCCCC3)cc2)cs1. The summed E-state index contributed by atoms with van der Waals surface area (Å²) in [5, 5.41) is 11.4. The molecular formula is C28H31N5O4S. The van der Waals surface area contributed by atoms with Gasteiger partial charge in [0.05, 0.1) is 5.69 Å². The van der Waals surface area contributed by atoms with Crippen molar-refractivity contribution in [1.82, 2.24) is 20.9 Å². The van der Waals surface area contributed by atoms with Crippen LogP contribution in [0.4, 0.5) is 5.13 Å². The third-order valence-corrected chi connectivity index (χ3v) is 7.98. The normalized spacial score (nSPS) is 20.0. The van der Waals surface area contributed by atoms with Gasteiger partial charge in [0.1, 0.15) is 11.3 Å². The molecule has 0 unspecified atom stereocenters. The van der Waals surface area contributed by atoms with Gasteiger partial charge in [-0.15, -0.1) is 11.3 Å². The van der Waals surface area contributed by atoms with E-state index >= 15 is 0 Å². The second-order valence-corrected chi connectivity index (χ2v) is 10.7. The number of amides is 3. The number of carbonyl (C=O) groups excluding carboxylic acids is 3. The van der Waals surface area contributed by atoms with Crippen LogP contribution in [0, 0.1) is 0 Å². The summed E-state index contributed by atoms with van der Waals surface area (Å²) < 4.78 is 5.83. The number of thiazole rings is 1. The van der Waals surface area contributed by atoms with Crippen LogP contribution >= 0.6 is 11.3 Å². The lowest BCUT2D eigenvalue weighted by atomic mass is 9.80. The van der Waals surface area contributed by atoms with Crippen LogP contribution in [0.1, 0.15) is 42.5 Å². The number of benzene rings is 2. The lowest BCUT2D eigenvalue weighted by Crippen LogP contribution is -2.74. The third kappa shape index (κ3) is 5.35. The maximum Gasteiger partial charge on any atom is 0.252 e. The molecule has 198 valence electrons. The number of aromatic nitrogens is 1. The number of anilines is 1. The highest BCUT2D eigenvalue weighted by Gasteiger charge is 2.48. The summed E-state index contributed by atoms with van der Waals surface area (Å²) in [7, 11) is 3.89. The minimum absolute atomic E-state index is 0.313. The molecule has 5 rings (SSSR count). The molecule has 1 aromatic heterocycles.